The van der Waals surface area contributed by atoms with Crippen LogP contribution in [0.5, 0.6) is 0 Å². The van der Waals surface area contributed by atoms with Gasteiger partial charge in [-0.2, -0.15) is 0 Å². The molecule has 0 aliphatic carbocycles. The predicted octanol–water partition coefficient (Wildman–Crippen LogP) is -1.12. The Morgan fingerprint density at radius 1 is 1.79 bits per heavy atom. The van der Waals surface area contributed by atoms with Crippen LogP contribution in [-0.2, 0) is 9.59 Å². The van der Waals surface area contributed by atoms with Crippen molar-refractivity contribution in [1.82, 2.24) is 10.2 Å². The lowest BCUT2D eigenvalue weighted by molar-refractivity contribution is -0.129. The number of nitrogens with zero attached hydrogens (tertiary/aromatic N) is 1. The summed E-state index contributed by atoms with van der Waals surface area (Å²) in [7, 11) is 0. The van der Waals surface area contributed by atoms with Gasteiger partial charge >= 0.3 is 0 Å². The number of allylic oxidation sites excluding steroid dienone is 1. The molecule has 1 rings (SSSR count). The Hall–Kier alpha value is -1.20. The van der Waals surface area contributed by atoms with E-state index in [0.29, 0.717) is 13.1 Å². The number of piperazine rings is 1. The monoisotopic (exact) mass is 198 g/mol. The van der Waals surface area contributed by atoms with Gasteiger partial charge in [0, 0.05) is 13.1 Å². The van der Waals surface area contributed by atoms with Gasteiger partial charge in [0.15, 0.2) is 5.78 Å². The van der Waals surface area contributed by atoms with Gasteiger partial charge in [0.25, 0.3) is 0 Å². The fourth-order valence-electron chi connectivity index (χ4n) is 1.30. The summed E-state index contributed by atoms with van der Waals surface area (Å²) in [6, 6.07) is 0. The third-order valence-corrected chi connectivity index (χ3v) is 1.84. The molecule has 0 spiro atoms. The molecule has 1 atom stereocenters. The molecule has 0 saturated carbocycles. The van der Waals surface area contributed by atoms with E-state index in [-0.39, 0.29) is 18.2 Å². The van der Waals surface area contributed by atoms with E-state index in [2.05, 4.69) is 5.32 Å². The summed E-state index contributed by atoms with van der Waals surface area (Å²) in [6.45, 7) is 2.63. The second-order valence-corrected chi connectivity index (χ2v) is 3.29. The SMILES string of the molecule is CC(=O)/C=C/CN1CC(=O)NC(O)C1. The molecule has 14 heavy (non-hydrogen) atoms. The van der Waals surface area contributed by atoms with Gasteiger partial charge < -0.3 is 10.4 Å². The molecule has 1 aliphatic rings. The van der Waals surface area contributed by atoms with Crippen molar-refractivity contribution in [2.45, 2.75) is 13.2 Å². The standard InChI is InChI=1S/C9H14N2O3/c1-7(12)3-2-4-11-5-8(13)10-9(14)6-11/h2-3,8,13H,4-6H2,1H3,(H,10,14)/b3-2+. The molecule has 1 fully saturated rings. The number of hydrogen-bond donors (Lipinski definition) is 2. The van der Waals surface area contributed by atoms with Gasteiger partial charge in [-0.15, -0.1) is 0 Å². The van der Waals surface area contributed by atoms with Crippen molar-refractivity contribution in [3.05, 3.63) is 12.2 Å². The van der Waals surface area contributed by atoms with Gasteiger partial charge in [0.2, 0.25) is 5.91 Å². The van der Waals surface area contributed by atoms with Gasteiger partial charge in [0.05, 0.1) is 6.54 Å². The number of nitrogens with one attached hydrogen (secondary N) is 1. The van der Waals surface area contributed by atoms with E-state index in [4.69, 9.17) is 0 Å². The van der Waals surface area contributed by atoms with Gasteiger partial charge in [-0.1, -0.05) is 6.08 Å². The topological polar surface area (TPSA) is 69.6 Å². The molecular weight excluding hydrogens is 184 g/mol. The maximum Gasteiger partial charge on any atom is 0.236 e. The fourth-order valence-corrected chi connectivity index (χ4v) is 1.30. The first-order valence-corrected chi connectivity index (χ1v) is 4.45. The molecule has 0 aromatic rings. The zero-order valence-electron chi connectivity index (χ0n) is 8.06. The number of hydrogen-bond acceptors (Lipinski definition) is 4. The molecule has 0 bridgehead atoms. The van der Waals surface area contributed by atoms with Crippen LogP contribution >= 0.6 is 0 Å². The van der Waals surface area contributed by atoms with E-state index in [1.807, 2.05) is 0 Å². The van der Waals surface area contributed by atoms with Crippen LogP contribution < -0.4 is 5.32 Å². The quantitative estimate of drug-likeness (QED) is 0.564. The van der Waals surface area contributed by atoms with E-state index in [1.54, 1.807) is 11.0 Å². The van der Waals surface area contributed by atoms with Crippen molar-refractivity contribution in [3.63, 3.8) is 0 Å². The molecule has 0 aromatic carbocycles. The summed E-state index contributed by atoms with van der Waals surface area (Å²) in [5.41, 5.74) is 0. The van der Waals surface area contributed by atoms with Gasteiger partial charge in [-0.05, 0) is 13.0 Å². The van der Waals surface area contributed by atoms with E-state index < -0.39 is 6.23 Å². The van der Waals surface area contributed by atoms with Crippen LogP contribution in [0.2, 0.25) is 0 Å². The van der Waals surface area contributed by atoms with Crippen LogP contribution in [-0.4, -0.2) is 47.6 Å². The van der Waals surface area contributed by atoms with Crippen LogP contribution in [0.25, 0.3) is 0 Å². The Balaban J connectivity index is 2.37. The molecule has 2 N–H and O–H groups in total. The lowest BCUT2D eigenvalue weighted by Gasteiger charge is -2.28. The number of β-amino-alcohol motifs (C(OH)–C–C–N with tert-alkyl or cyclic N) is 1. The molecule has 5 nitrogen and oxygen atoms in total. The average molecular weight is 198 g/mol. The summed E-state index contributed by atoms with van der Waals surface area (Å²) >= 11 is 0. The Morgan fingerprint density at radius 2 is 2.50 bits per heavy atom. The number of ketones is 1. The lowest BCUT2D eigenvalue weighted by Crippen LogP contribution is -2.53. The molecule has 1 aliphatic heterocycles. The number of aliphatic hydroxyl groups excluding tert-OH is 1. The third kappa shape index (κ3) is 3.68. The minimum Gasteiger partial charge on any atom is -0.372 e. The molecule has 78 valence electrons. The average Bonchev–Trinajstić information content (AvgIpc) is 2.01. The Labute approximate surface area is 82.4 Å². The van der Waals surface area contributed by atoms with Crippen molar-refractivity contribution in [2.75, 3.05) is 19.6 Å². The molecule has 5 heteroatoms. The summed E-state index contributed by atoms with van der Waals surface area (Å²) in [5, 5.41) is 11.6. The first-order valence-electron chi connectivity index (χ1n) is 4.45. The van der Waals surface area contributed by atoms with E-state index in [9.17, 15) is 14.7 Å². The molecule has 1 amide bonds. The highest BCUT2D eigenvalue weighted by molar-refractivity contribution is 5.87. The minimum absolute atomic E-state index is 0.0213. The van der Waals surface area contributed by atoms with E-state index in [0.717, 1.165) is 0 Å². The van der Waals surface area contributed by atoms with E-state index in [1.165, 1.54) is 13.0 Å². The molecule has 0 radical (unpaired) electrons. The van der Waals surface area contributed by atoms with Crippen LogP contribution in [0, 0.1) is 0 Å². The second kappa shape index (κ2) is 4.88. The highest BCUT2D eigenvalue weighted by Gasteiger charge is 2.21. The third-order valence-electron chi connectivity index (χ3n) is 1.84. The second-order valence-electron chi connectivity index (χ2n) is 3.29. The van der Waals surface area contributed by atoms with Crippen LogP contribution in [0.3, 0.4) is 0 Å². The normalized spacial score (nSPS) is 23.9. The van der Waals surface area contributed by atoms with Crippen LogP contribution in [0.15, 0.2) is 12.2 Å². The Bertz CT molecular complexity index is 263. The van der Waals surface area contributed by atoms with Gasteiger partial charge in [-0.3, -0.25) is 14.5 Å². The van der Waals surface area contributed by atoms with Crippen LogP contribution in [0.1, 0.15) is 6.92 Å². The first-order chi connectivity index (χ1) is 6.58. The highest BCUT2D eigenvalue weighted by atomic mass is 16.3. The van der Waals surface area contributed by atoms with Gasteiger partial charge in [-0.25, -0.2) is 0 Å². The van der Waals surface area contributed by atoms with Crippen molar-refractivity contribution < 1.29 is 14.7 Å². The zero-order chi connectivity index (χ0) is 10.6. The summed E-state index contributed by atoms with van der Waals surface area (Å²) in [5.74, 6) is -0.216. The summed E-state index contributed by atoms with van der Waals surface area (Å²) in [6.07, 6.45) is 2.34. The number of aliphatic hydroxyl groups is 1. The van der Waals surface area contributed by atoms with Crippen molar-refractivity contribution in [3.8, 4) is 0 Å². The summed E-state index contributed by atoms with van der Waals surface area (Å²) in [4.78, 5) is 23.3. The maximum absolute atomic E-state index is 11.0. The Morgan fingerprint density at radius 3 is 3.07 bits per heavy atom. The predicted molar refractivity (Wildman–Crippen MR) is 50.4 cm³/mol. The van der Waals surface area contributed by atoms with Crippen molar-refractivity contribution in [2.24, 2.45) is 0 Å². The number of amides is 1. The van der Waals surface area contributed by atoms with E-state index >= 15 is 0 Å². The number of rotatable bonds is 3. The molecular formula is C9H14N2O3. The molecule has 1 heterocycles. The number of carbonyl (C=O) groups is 2. The lowest BCUT2D eigenvalue weighted by atomic mass is 10.3. The minimum atomic E-state index is -0.804. The zero-order valence-corrected chi connectivity index (χ0v) is 8.06. The molecule has 0 aromatic heterocycles. The van der Waals surface area contributed by atoms with Crippen LogP contribution in [0.4, 0.5) is 0 Å². The van der Waals surface area contributed by atoms with Crippen molar-refractivity contribution in [1.29, 1.82) is 0 Å². The maximum atomic E-state index is 11.0. The highest BCUT2D eigenvalue weighted by Crippen LogP contribution is 1.97. The Kier molecular flexibility index (Phi) is 3.79. The van der Waals surface area contributed by atoms with Crippen molar-refractivity contribution >= 4 is 11.7 Å². The summed E-state index contributed by atoms with van der Waals surface area (Å²) < 4.78 is 0. The number of carbonyl (C=O) groups excluding carboxylic acids is 2. The molecule has 1 saturated heterocycles. The van der Waals surface area contributed by atoms with Gasteiger partial charge in [0.1, 0.15) is 6.23 Å². The fraction of sp³-hybridized carbons (Fsp3) is 0.556. The smallest absolute Gasteiger partial charge is 0.236 e. The largest absolute Gasteiger partial charge is 0.372 e. The molecule has 1 unspecified atom stereocenters. The first kappa shape index (κ1) is 10.9.